The van der Waals surface area contributed by atoms with Crippen LogP contribution in [0.4, 0.5) is 4.79 Å². The van der Waals surface area contributed by atoms with E-state index < -0.39 is 29.4 Å². The van der Waals surface area contributed by atoms with E-state index in [0.717, 1.165) is 72.6 Å². The van der Waals surface area contributed by atoms with E-state index in [1.807, 2.05) is 80.3 Å². The lowest BCUT2D eigenvalue weighted by Crippen LogP contribution is -2.70. The van der Waals surface area contributed by atoms with Crippen LogP contribution in [0.1, 0.15) is 172 Å². The van der Waals surface area contributed by atoms with Gasteiger partial charge in [-0.3, -0.25) is 4.79 Å². The van der Waals surface area contributed by atoms with Crippen molar-refractivity contribution in [2.24, 2.45) is 22.9 Å². The Bertz CT molecular complexity index is 2180. The predicted molar refractivity (Wildman–Crippen MR) is 277 cm³/mol. The Morgan fingerprint density at radius 3 is 2.23 bits per heavy atom. The summed E-state index contributed by atoms with van der Waals surface area (Å²) in [6.07, 6.45) is 21.3. The Kier molecular flexibility index (Phi) is 20.6. The van der Waals surface area contributed by atoms with Crippen molar-refractivity contribution in [3.63, 3.8) is 0 Å². The first-order chi connectivity index (χ1) is 33.5. The Morgan fingerprint density at radius 1 is 0.855 bits per heavy atom. The lowest BCUT2D eigenvalue weighted by atomic mass is 9.55. The fourth-order valence-corrected chi connectivity index (χ4v) is 11.0. The molecule has 1 saturated carbocycles. The maximum absolute atomic E-state index is 15.3. The number of allylic oxidation sites excluding steroid dienone is 1. The van der Waals surface area contributed by atoms with Crippen LogP contribution in [0.25, 0.3) is 10.8 Å². The van der Waals surface area contributed by atoms with Crippen molar-refractivity contribution >= 4 is 28.5 Å². The van der Waals surface area contributed by atoms with E-state index in [1.54, 1.807) is 12.1 Å². The van der Waals surface area contributed by atoms with E-state index in [2.05, 4.69) is 31.8 Å². The highest BCUT2D eigenvalue weighted by Crippen LogP contribution is 2.62. The van der Waals surface area contributed by atoms with Crippen molar-refractivity contribution in [3.05, 3.63) is 96.1 Å². The summed E-state index contributed by atoms with van der Waals surface area (Å²) < 4.78 is 20.7. The van der Waals surface area contributed by atoms with Crippen LogP contribution in [-0.4, -0.2) is 83.2 Å². The first-order valence-corrected chi connectivity index (χ1v) is 26.5. The fraction of sp³-hybridized carbons (Fsp3) is 0.603. The Labute approximate surface area is 413 Å². The number of oxime groups is 1. The average molecular weight is 950 g/mol. The molecule has 3 aromatic carbocycles. The van der Waals surface area contributed by atoms with Gasteiger partial charge in [-0.1, -0.05) is 132 Å². The molecule has 3 aromatic rings. The van der Waals surface area contributed by atoms with Gasteiger partial charge in [0.15, 0.2) is 0 Å². The van der Waals surface area contributed by atoms with Crippen molar-refractivity contribution in [3.8, 4) is 11.5 Å². The number of rotatable bonds is 28. The normalized spacial score (nSPS) is 22.3. The number of aliphatic hydroxyl groups excluding tert-OH is 2. The van der Waals surface area contributed by atoms with Gasteiger partial charge in [0.1, 0.15) is 23.1 Å². The van der Waals surface area contributed by atoms with Gasteiger partial charge in [-0.05, 0) is 118 Å². The summed E-state index contributed by atoms with van der Waals surface area (Å²) in [7, 11) is 0. The standard InChI is InChI=1S/C58H83N3O8/c1-7-10-11-12-13-14-15-16-17-22-33-59-56(65)67-46-31-32-51-49(40-46)53-47(28-21-24-36-63)44(27-20-23-35-62)39-48-50(60-69-57(4,5)6)41-52(58(68-51,54(48)53)66-37-9-3)61(34-8-2)55(64)45-30-29-42-25-18-19-26-43(42)38-45/h9,18-19,25-26,29-32,38-40,44,47,52-54,62-63H,3,7-8,10-17,20-24,27-28,33-37,41H2,1-2,4-6H3,(H,59,65). The first-order valence-electron chi connectivity index (χ1n) is 26.5. The molecule has 0 aromatic heterocycles. The van der Waals surface area contributed by atoms with E-state index in [9.17, 15) is 15.0 Å². The summed E-state index contributed by atoms with van der Waals surface area (Å²) >= 11 is 0. The highest BCUT2D eigenvalue weighted by atomic mass is 16.7. The molecule has 69 heavy (non-hydrogen) atoms. The average Bonchev–Trinajstić information content (AvgIpc) is 3.34. The SMILES string of the molecule is C=CCOC12Oc3ccc(OC(=O)NCCCCCCCCCCCC)cc3C3C(CCCCO)C(CCCCO)C=C(C(=NOC(C)(C)C)CC1N(CCC)C(=O)c1ccc4ccccc4c1)C32. The van der Waals surface area contributed by atoms with Crippen molar-refractivity contribution < 1.29 is 38.9 Å². The van der Waals surface area contributed by atoms with Crippen molar-refractivity contribution in [2.45, 2.75) is 174 Å². The van der Waals surface area contributed by atoms with Gasteiger partial charge in [-0.15, -0.1) is 6.58 Å². The largest absolute Gasteiger partial charge is 0.459 e. The van der Waals surface area contributed by atoms with Crippen LogP contribution in [0.15, 0.2) is 90.1 Å². The zero-order chi connectivity index (χ0) is 49.2. The molecule has 6 unspecified atom stereocenters. The molecule has 2 aliphatic carbocycles. The van der Waals surface area contributed by atoms with Crippen LogP contribution < -0.4 is 14.8 Å². The van der Waals surface area contributed by atoms with Gasteiger partial charge in [0, 0.05) is 49.8 Å². The second-order valence-corrected chi connectivity index (χ2v) is 20.5. The number of aliphatic hydroxyl groups is 2. The molecule has 0 radical (unpaired) electrons. The van der Waals surface area contributed by atoms with Gasteiger partial charge in [0.05, 0.1) is 18.2 Å². The predicted octanol–water partition coefficient (Wildman–Crippen LogP) is 12.8. The maximum atomic E-state index is 15.3. The van der Waals surface area contributed by atoms with E-state index in [0.29, 0.717) is 55.8 Å². The molecule has 6 rings (SSSR count). The van der Waals surface area contributed by atoms with Crippen LogP contribution in [0, 0.1) is 17.8 Å². The third-order valence-electron chi connectivity index (χ3n) is 14.2. The minimum atomic E-state index is -1.40. The monoisotopic (exact) mass is 950 g/mol. The van der Waals surface area contributed by atoms with Gasteiger partial charge in [0.25, 0.3) is 5.91 Å². The molecule has 2 amide bonds. The Morgan fingerprint density at radius 2 is 1.55 bits per heavy atom. The number of nitrogens with zero attached hydrogens (tertiary/aromatic N) is 2. The molecule has 0 bridgehead atoms. The third-order valence-corrected chi connectivity index (χ3v) is 14.2. The van der Waals surface area contributed by atoms with Crippen LogP contribution >= 0.6 is 0 Å². The van der Waals surface area contributed by atoms with Gasteiger partial charge in [0.2, 0.25) is 5.79 Å². The topological polar surface area (TPSA) is 139 Å². The number of ether oxygens (including phenoxy) is 3. The zero-order valence-corrected chi connectivity index (χ0v) is 42.5. The number of amides is 2. The molecule has 3 N–H and O–H groups in total. The summed E-state index contributed by atoms with van der Waals surface area (Å²) in [6, 6.07) is 18.9. The van der Waals surface area contributed by atoms with E-state index in [-0.39, 0.29) is 43.5 Å². The second kappa shape index (κ2) is 26.5. The molecule has 3 aliphatic rings. The number of benzene rings is 3. The van der Waals surface area contributed by atoms with Gasteiger partial charge >= 0.3 is 6.09 Å². The molecule has 0 spiro atoms. The number of carbonyl (C=O) groups is 2. The summed E-state index contributed by atoms with van der Waals surface area (Å²) in [6.45, 7) is 15.7. The molecule has 1 fully saturated rings. The minimum absolute atomic E-state index is 0.0260. The lowest BCUT2D eigenvalue weighted by molar-refractivity contribution is -0.254. The summed E-state index contributed by atoms with van der Waals surface area (Å²) in [5, 5.41) is 30.0. The summed E-state index contributed by atoms with van der Waals surface area (Å²) in [5.74, 6) is -1.17. The number of nitrogens with one attached hydrogen (secondary N) is 1. The number of hydrogen-bond donors (Lipinski definition) is 3. The summed E-state index contributed by atoms with van der Waals surface area (Å²) in [5.41, 5.74) is 2.56. The van der Waals surface area contributed by atoms with Gasteiger partial charge in [-0.25, -0.2) is 4.79 Å². The first kappa shape index (κ1) is 53.6. The zero-order valence-electron chi connectivity index (χ0n) is 42.5. The number of fused-ring (bicyclic) bond motifs is 3. The van der Waals surface area contributed by atoms with Crippen LogP contribution in [0.3, 0.4) is 0 Å². The molecule has 11 nitrogen and oxygen atoms in total. The molecule has 11 heteroatoms. The molecule has 0 saturated heterocycles. The van der Waals surface area contributed by atoms with Crippen molar-refractivity contribution in [1.82, 2.24) is 10.2 Å². The van der Waals surface area contributed by atoms with Crippen molar-refractivity contribution in [2.75, 3.05) is 32.9 Å². The molecule has 6 atom stereocenters. The van der Waals surface area contributed by atoms with E-state index >= 15 is 4.79 Å². The number of hydrogen-bond acceptors (Lipinski definition) is 9. The lowest BCUT2D eigenvalue weighted by Gasteiger charge is -2.60. The van der Waals surface area contributed by atoms with E-state index in [1.165, 1.54) is 44.9 Å². The minimum Gasteiger partial charge on any atom is -0.459 e. The molecule has 378 valence electrons. The molecular formula is C58H83N3O8. The second-order valence-electron chi connectivity index (χ2n) is 20.5. The third kappa shape index (κ3) is 14.0. The number of carbonyl (C=O) groups excluding carboxylic acids is 2. The Balaban J connectivity index is 1.42. The summed E-state index contributed by atoms with van der Waals surface area (Å²) in [4.78, 5) is 36.9. The molecule has 1 heterocycles. The van der Waals surface area contributed by atoms with Gasteiger partial charge < -0.3 is 39.5 Å². The smallest absolute Gasteiger partial charge is 0.412 e. The number of unbranched alkanes of at least 4 members (excludes halogenated alkanes) is 11. The highest BCUT2D eigenvalue weighted by molar-refractivity contribution is 6.04. The molecular weight excluding hydrogens is 867 g/mol. The van der Waals surface area contributed by atoms with Gasteiger partial charge in [-0.2, -0.15) is 0 Å². The Hall–Kier alpha value is -4.71. The van der Waals surface area contributed by atoms with Crippen LogP contribution in [-0.2, 0) is 9.57 Å². The van der Waals surface area contributed by atoms with Crippen LogP contribution in [0.2, 0.25) is 0 Å². The fourth-order valence-electron chi connectivity index (χ4n) is 11.0. The maximum Gasteiger partial charge on any atom is 0.412 e. The van der Waals surface area contributed by atoms with E-state index in [4.69, 9.17) is 24.2 Å². The molecule has 1 aliphatic heterocycles. The quantitative estimate of drug-likeness (QED) is 0.0371. The highest BCUT2D eigenvalue weighted by Gasteiger charge is 2.65. The van der Waals surface area contributed by atoms with Crippen molar-refractivity contribution in [1.29, 1.82) is 0 Å². The van der Waals surface area contributed by atoms with Crippen LogP contribution in [0.5, 0.6) is 11.5 Å².